The molecule has 0 saturated heterocycles. The lowest BCUT2D eigenvalue weighted by molar-refractivity contribution is -0.138. The summed E-state index contributed by atoms with van der Waals surface area (Å²) in [4.78, 5) is 14.5. The van der Waals surface area contributed by atoms with E-state index in [2.05, 4.69) is 4.98 Å². The number of hydrogen-bond donors (Lipinski definition) is 2. The highest BCUT2D eigenvalue weighted by atomic mass is 32.1. The van der Waals surface area contributed by atoms with Crippen molar-refractivity contribution in [2.24, 2.45) is 5.73 Å². The Bertz CT molecular complexity index is 580. The summed E-state index contributed by atoms with van der Waals surface area (Å²) in [5.41, 5.74) is 5.16. The summed E-state index contributed by atoms with van der Waals surface area (Å²) in [6, 6.07) is 2.16. The third-order valence-corrected chi connectivity index (χ3v) is 3.16. The zero-order chi connectivity index (χ0) is 13.3. The molecule has 0 aliphatic heterocycles. The van der Waals surface area contributed by atoms with Gasteiger partial charge in [-0.2, -0.15) is 0 Å². The molecule has 0 saturated carbocycles. The normalized spacial score (nSPS) is 12.4. The topological polar surface area (TPSA) is 76.2 Å². The molecule has 0 fully saturated rings. The average Bonchev–Trinajstić information content (AvgIpc) is 2.77. The van der Waals surface area contributed by atoms with Gasteiger partial charge in [-0.1, -0.05) is 6.07 Å². The van der Waals surface area contributed by atoms with Crippen LogP contribution in [0, 0.1) is 11.6 Å². The molecule has 7 heteroatoms. The van der Waals surface area contributed by atoms with E-state index < -0.39 is 23.6 Å². The van der Waals surface area contributed by atoms with E-state index in [0.717, 1.165) is 23.5 Å². The number of nitrogens with two attached hydrogens (primary N) is 1. The lowest BCUT2D eigenvalue weighted by Gasteiger charge is -2.02. The summed E-state index contributed by atoms with van der Waals surface area (Å²) in [7, 11) is 0. The first-order valence-electron chi connectivity index (χ1n) is 4.89. The standard InChI is InChI=1S/C11H8F2N2O2S/c12-5-2-1-3-6(13)8(5)10-15-7(4-18-10)9(14)11(16)17/h1-4,9H,14H2,(H,16,17)/t9-/m0/s1. The maximum atomic E-state index is 13.5. The molecule has 3 N–H and O–H groups in total. The van der Waals surface area contributed by atoms with Gasteiger partial charge < -0.3 is 10.8 Å². The van der Waals surface area contributed by atoms with Crippen LogP contribution in [0.15, 0.2) is 23.6 Å². The van der Waals surface area contributed by atoms with Crippen LogP contribution in [-0.4, -0.2) is 16.1 Å². The van der Waals surface area contributed by atoms with Crippen LogP contribution in [0.3, 0.4) is 0 Å². The summed E-state index contributed by atoms with van der Waals surface area (Å²) < 4.78 is 27.0. The van der Waals surface area contributed by atoms with Crippen molar-refractivity contribution >= 4 is 17.3 Å². The van der Waals surface area contributed by atoms with Crippen molar-refractivity contribution in [2.45, 2.75) is 6.04 Å². The van der Waals surface area contributed by atoms with Crippen molar-refractivity contribution in [2.75, 3.05) is 0 Å². The predicted molar refractivity (Wildman–Crippen MR) is 62.0 cm³/mol. The van der Waals surface area contributed by atoms with Crippen LogP contribution < -0.4 is 5.73 Å². The van der Waals surface area contributed by atoms with Crippen molar-refractivity contribution in [3.8, 4) is 10.6 Å². The van der Waals surface area contributed by atoms with E-state index in [-0.39, 0.29) is 16.3 Å². The highest BCUT2D eigenvalue weighted by molar-refractivity contribution is 7.13. The van der Waals surface area contributed by atoms with E-state index in [1.54, 1.807) is 0 Å². The van der Waals surface area contributed by atoms with E-state index in [9.17, 15) is 13.6 Å². The molecule has 2 rings (SSSR count). The van der Waals surface area contributed by atoms with E-state index in [1.165, 1.54) is 11.4 Å². The number of carboxylic acid groups (broad SMARTS) is 1. The van der Waals surface area contributed by atoms with E-state index in [0.29, 0.717) is 0 Å². The minimum Gasteiger partial charge on any atom is -0.480 e. The first-order valence-corrected chi connectivity index (χ1v) is 5.77. The lowest BCUT2D eigenvalue weighted by atomic mass is 10.2. The molecular formula is C11H8F2N2O2S. The fourth-order valence-corrected chi connectivity index (χ4v) is 2.28. The van der Waals surface area contributed by atoms with Crippen LogP contribution in [0.5, 0.6) is 0 Å². The number of aromatic nitrogens is 1. The number of carbonyl (C=O) groups is 1. The second-order valence-corrected chi connectivity index (χ2v) is 4.35. The van der Waals surface area contributed by atoms with Gasteiger partial charge in [-0.25, -0.2) is 13.8 Å². The van der Waals surface area contributed by atoms with Crippen molar-refractivity contribution in [1.29, 1.82) is 0 Å². The molecular weight excluding hydrogens is 262 g/mol. The Labute approximate surface area is 105 Å². The summed E-state index contributed by atoms with van der Waals surface area (Å²) in [6.07, 6.45) is 0. The van der Waals surface area contributed by atoms with Crippen LogP contribution in [-0.2, 0) is 4.79 Å². The van der Waals surface area contributed by atoms with E-state index in [1.807, 2.05) is 0 Å². The minimum absolute atomic E-state index is 0.0669. The molecule has 0 spiro atoms. The van der Waals surface area contributed by atoms with Crippen LogP contribution in [0.1, 0.15) is 11.7 Å². The molecule has 1 aromatic heterocycles. The molecule has 0 aliphatic rings. The second kappa shape index (κ2) is 4.79. The Morgan fingerprint density at radius 1 is 1.39 bits per heavy atom. The number of carboxylic acids is 1. The number of halogens is 2. The van der Waals surface area contributed by atoms with Gasteiger partial charge >= 0.3 is 5.97 Å². The molecule has 1 heterocycles. The average molecular weight is 270 g/mol. The van der Waals surface area contributed by atoms with Gasteiger partial charge in [0.25, 0.3) is 0 Å². The number of hydrogen-bond acceptors (Lipinski definition) is 4. The zero-order valence-corrected chi connectivity index (χ0v) is 9.75. The molecule has 1 aromatic carbocycles. The van der Waals surface area contributed by atoms with Gasteiger partial charge in [0.05, 0.1) is 11.3 Å². The highest BCUT2D eigenvalue weighted by Crippen LogP contribution is 2.30. The van der Waals surface area contributed by atoms with Gasteiger partial charge in [-0.15, -0.1) is 11.3 Å². The molecule has 0 bridgehead atoms. The van der Waals surface area contributed by atoms with Crippen molar-refractivity contribution in [3.63, 3.8) is 0 Å². The molecule has 2 aromatic rings. The Morgan fingerprint density at radius 2 is 2.00 bits per heavy atom. The Kier molecular flexibility index (Phi) is 3.35. The van der Waals surface area contributed by atoms with Crippen molar-refractivity contribution < 1.29 is 18.7 Å². The monoisotopic (exact) mass is 270 g/mol. The quantitative estimate of drug-likeness (QED) is 0.896. The molecule has 0 unspecified atom stereocenters. The number of thiazole rings is 1. The molecule has 94 valence electrons. The fourth-order valence-electron chi connectivity index (χ4n) is 1.37. The fraction of sp³-hybridized carbons (Fsp3) is 0.0909. The summed E-state index contributed by atoms with van der Waals surface area (Å²) in [5, 5.41) is 10.2. The lowest BCUT2D eigenvalue weighted by Crippen LogP contribution is -2.20. The van der Waals surface area contributed by atoms with Crippen LogP contribution in [0.25, 0.3) is 10.6 Å². The van der Waals surface area contributed by atoms with Crippen LogP contribution >= 0.6 is 11.3 Å². The van der Waals surface area contributed by atoms with Gasteiger partial charge in [0.2, 0.25) is 0 Å². The molecule has 0 aliphatic carbocycles. The minimum atomic E-state index is -1.30. The van der Waals surface area contributed by atoms with Gasteiger partial charge in [0, 0.05) is 5.38 Å². The summed E-state index contributed by atoms with van der Waals surface area (Å²) >= 11 is 0.942. The molecule has 0 amide bonds. The first-order chi connectivity index (χ1) is 8.50. The van der Waals surface area contributed by atoms with E-state index >= 15 is 0 Å². The highest BCUT2D eigenvalue weighted by Gasteiger charge is 2.20. The second-order valence-electron chi connectivity index (χ2n) is 3.49. The molecule has 0 radical (unpaired) electrons. The maximum Gasteiger partial charge on any atom is 0.326 e. The number of nitrogens with zero attached hydrogens (tertiary/aromatic N) is 1. The number of aliphatic carboxylic acids is 1. The van der Waals surface area contributed by atoms with Crippen molar-refractivity contribution in [1.82, 2.24) is 4.98 Å². The smallest absolute Gasteiger partial charge is 0.326 e. The third kappa shape index (κ3) is 2.22. The largest absolute Gasteiger partial charge is 0.480 e. The molecule has 18 heavy (non-hydrogen) atoms. The summed E-state index contributed by atoms with van der Waals surface area (Å²) in [6.45, 7) is 0. The molecule has 4 nitrogen and oxygen atoms in total. The van der Waals surface area contributed by atoms with E-state index in [4.69, 9.17) is 10.8 Å². The zero-order valence-electron chi connectivity index (χ0n) is 8.93. The van der Waals surface area contributed by atoms with Crippen molar-refractivity contribution in [3.05, 3.63) is 40.9 Å². The summed E-state index contributed by atoms with van der Waals surface area (Å²) in [5.74, 6) is -2.75. The van der Waals surface area contributed by atoms with Gasteiger partial charge in [-0.05, 0) is 12.1 Å². The van der Waals surface area contributed by atoms with Crippen LogP contribution in [0.2, 0.25) is 0 Å². The maximum absolute atomic E-state index is 13.5. The third-order valence-electron chi connectivity index (χ3n) is 2.28. The van der Waals surface area contributed by atoms with Gasteiger partial charge in [0.15, 0.2) is 0 Å². The number of rotatable bonds is 3. The Morgan fingerprint density at radius 3 is 2.56 bits per heavy atom. The molecule has 1 atom stereocenters. The Hall–Kier alpha value is -1.86. The first kappa shape index (κ1) is 12.6. The SMILES string of the molecule is N[C@H](C(=O)O)c1csc(-c2c(F)cccc2F)n1. The number of benzene rings is 1. The van der Waals surface area contributed by atoms with Gasteiger partial charge in [-0.3, -0.25) is 4.79 Å². The van der Waals surface area contributed by atoms with Crippen LogP contribution in [0.4, 0.5) is 8.78 Å². The Balaban J connectivity index is 2.44. The predicted octanol–water partition coefficient (Wildman–Crippen LogP) is 2.17. The van der Waals surface area contributed by atoms with Gasteiger partial charge in [0.1, 0.15) is 22.7 Å².